The van der Waals surface area contributed by atoms with Crippen LogP contribution < -0.4 is 0 Å². The highest BCUT2D eigenvalue weighted by Gasteiger charge is 2.11. The van der Waals surface area contributed by atoms with Crippen LogP contribution in [0.1, 0.15) is 6.42 Å². The second-order valence-electron chi connectivity index (χ2n) is 2.62. The smallest absolute Gasteiger partial charge is 0.294 e. The van der Waals surface area contributed by atoms with Crippen molar-refractivity contribution in [2.24, 2.45) is 0 Å². The number of aliphatic hydroxyl groups excluding tert-OH is 1. The fourth-order valence-electron chi connectivity index (χ4n) is 0.753. The maximum atomic E-state index is 9.90. The Kier molecular flexibility index (Phi) is 7.71. The third-order valence-corrected chi connectivity index (χ3v) is 1.37. The normalized spacial score (nSPS) is 11.8. The molecule has 0 rings (SSSR count). The Hall–Kier alpha value is -1.68. The summed E-state index contributed by atoms with van der Waals surface area (Å²) in [6.07, 6.45) is -0.788. The van der Waals surface area contributed by atoms with Crippen LogP contribution in [0, 0.1) is 20.2 Å². The van der Waals surface area contributed by atoms with Crippen LogP contribution in [-0.2, 0) is 14.4 Å². The summed E-state index contributed by atoms with van der Waals surface area (Å²) < 4.78 is 4.88. The van der Waals surface area contributed by atoms with Crippen LogP contribution in [0.4, 0.5) is 0 Å². The molecule has 0 unspecified atom stereocenters. The molecule has 0 heterocycles. The molecule has 0 fully saturated rings. The van der Waals surface area contributed by atoms with Crippen molar-refractivity contribution in [1.29, 1.82) is 0 Å². The van der Waals surface area contributed by atoms with Gasteiger partial charge in [0, 0.05) is 6.61 Å². The number of ether oxygens (including phenoxy) is 1. The summed E-state index contributed by atoms with van der Waals surface area (Å²) >= 11 is 0. The van der Waals surface area contributed by atoms with Crippen LogP contribution in [0.2, 0.25) is 0 Å². The highest BCUT2D eigenvalue weighted by atomic mass is 17.0. The highest BCUT2D eigenvalue weighted by molar-refractivity contribution is 4.50. The summed E-state index contributed by atoms with van der Waals surface area (Å²) in [7, 11) is 0. The van der Waals surface area contributed by atoms with Gasteiger partial charge in [0.05, 0.1) is 19.8 Å². The van der Waals surface area contributed by atoms with E-state index in [9.17, 15) is 20.2 Å². The number of aliphatic hydroxyl groups is 1. The van der Waals surface area contributed by atoms with Crippen molar-refractivity contribution in [3.63, 3.8) is 0 Å². The first-order valence-corrected chi connectivity index (χ1v) is 4.33. The fourth-order valence-corrected chi connectivity index (χ4v) is 0.753. The summed E-state index contributed by atoms with van der Waals surface area (Å²) in [6, 6.07) is 0. The first kappa shape index (κ1) is 14.3. The van der Waals surface area contributed by atoms with Crippen molar-refractivity contribution in [3.8, 4) is 0 Å². The molecule has 10 heteroatoms. The Morgan fingerprint density at radius 1 is 1.19 bits per heavy atom. The topological polar surface area (TPSA) is 134 Å². The zero-order valence-corrected chi connectivity index (χ0v) is 8.31. The first-order chi connectivity index (χ1) is 7.56. The lowest BCUT2D eigenvalue weighted by Crippen LogP contribution is -2.27. The lowest BCUT2D eigenvalue weighted by molar-refractivity contribution is -0.769. The zero-order valence-electron chi connectivity index (χ0n) is 8.31. The molecule has 0 aromatic rings. The molecule has 0 bridgehead atoms. The van der Waals surface area contributed by atoms with Crippen molar-refractivity contribution in [2.45, 2.75) is 12.5 Å². The molecule has 0 radical (unpaired) electrons. The number of nitrogens with zero attached hydrogens (tertiary/aromatic N) is 2. The Bertz CT molecular complexity index is 223. The fraction of sp³-hybridized carbons (Fsp3) is 1.00. The van der Waals surface area contributed by atoms with Crippen molar-refractivity contribution < 1.29 is 29.7 Å². The van der Waals surface area contributed by atoms with Crippen molar-refractivity contribution in [1.82, 2.24) is 0 Å². The van der Waals surface area contributed by atoms with Crippen LogP contribution >= 0.6 is 0 Å². The molecule has 10 nitrogen and oxygen atoms in total. The van der Waals surface area contributed by atoms with E-state index in [0.717, 1.165) is 0 Å². The van der Waals surface area contributed by atoms with Crippen LogP contribution in [0.25, 0.3) is 0 Å². The van der Waals surface area contributed by atoms with Crippen LogP contribution in [0.5, 0.6) is 0 Å². The maximum Gasteiger partial charge on any atom is 0.294 e. The van der Waals surface area contributed by atoms with E-state index < -0.39 is 22.9 Å². The van der Waals surface area contributed by atoms with Gasteiger partial charge in [0.1, 0.15) is 0 Å². The number of rotatable bonds is 10. The van der Waals surface area contributed by atoms with Crippen LogP contribution in [0.15, 0.2) is 0 Å². The summed E-state index contributed by atoms with van der Waals surface area (Å²) in [6.45, 7) is -0.722. The number of hydrogen-bond acceptors (Lipinski definition) is 8. The predicted octanol–water partition coefficient (Wildman–Crippen LogP) is -0.829. The third kappa shape index (κ3) is 8.90. The molecule has 1 N–H and O–H groups in total. The van der Waals surface area contributed by atoms with E-state index >= 15 is 0 Å². The zero-order chi connectivity index (χ0) is 12.4. The van der Waals surface area contributed by atoms with Gasteiger partial charge in [-0.25, -0.2) is 0 Å². The van der Waals surface area contributed by atoms with Gasteiger partial charge in [-0.05, 0) is 6.42 Å². The van der Waals surface area contributed by atoms with Crippen LogP contribution in [-0.4, -0.2) is 47.8 Å². The molecule has 0 amide bonds. The third-order valence-electron chi connectivity index (χ3n) is 1.37. The molecule has 0 aliphatic heterocycles. The van der Waals surface area contributed by atoms with E-state index in [1.54, 1.807) is 0 Å². The van der Waals surface area contributed by atoms with Gasteiger partial charge in [-0.2, -0.15) is 0 Å². The Morgan fingerprint density at radius 2 is 1.88 bits per heavy atom. The molecule has 0 saturated heterocycles. The first-order valence-electron chi connectivity index (χ1n) is 4.33. The minimum atomic E-state index is -1.05. The molecule has 16 heavy (non-hydrogen) atoms. The second kappa shape index (κ2) is 8.61. The average Bonchev–Trinajstić information content (AvgIpc) is 2.20. The van der Waals surface area contributed by atoms with Gasteiger partial charge in [-0.1, -0.05) is 0 Å². The average molecular weight is 240 g/mol. The summed E-state index contributed by atoms with van der Waals surface area (Å²) in [5.74, 6) is 0. The molecular formula is C6H12N2O8. The Balaban J connectivity index is 3.41. The SMILES string of the molecule is O=[N+]([O-])OCCCOC[C@H](CO)O[N+](=O)[O-]. The van der Waals surface area contributed by atoms with Crippen molar-refractivity contribution >= 4 is 0 Å². The van der Waals surface area contributed by atoms with E-state index in [0.29, 0.717) is 0 Å². The summed E-state index contributed by atoms with van der Waals surface area (Å²) in [4.78, 5) is 27.7. The lowest BCUT2D eigenvalue weighted by atomic mass is 10.4. The molecule has 0 spiro atoms. The number of hydrogen-bond donors (Lipinski definition) is 1. The maximum absolute atomic E-state index is 9.90. The predicted molar refractivity (Wildman–Crippen MR) is 47.3 cm³/mol. The van der Waals surface area contributed by atoms with Gasteiger partial charge in [0.15, 0.2) is 6.10 Å². The van der Waals surface area contributed by atoms with Gasteiger partial charge in [-0.3, -0.25) is 0 Å². The van der Waals surface area contributed by atoms with Gasteiger partial charge in [-0.15, -0.1) is 20.2 Å². The highest BCUT2D eigenvalue weighted by Crippen LogP contribution is 1.94. The largest absolute Gasteiger partial charge is 0.394 e. The summed E-state index contributed by atoms with van der Waals surface area (Å²) in [5, 5.41) is 26.3. The minimum Gasteiger partial charge on any atom is -0.394 e. The molecule has 94 valence electrons. The van der Waals surface area contributed by atoms with Gasteiger partial charge in [0.25, 0.3) is 10.2 Å². The molecule has 0 aliphatic carbocycles. The minimum absolute atomic E-state index is 0.116. The van der Waals surface area contributed by atoms with Gasteiger partial charge < -0.3 is 19.5 Å². The standard InChI is InChI=1S/C6H12N2O8/c9-4-6(16-8(12)13)5-14-2-1-3-15-7(10)11/h6,9H,1-5H2/t6-/m0/s1. The molecule has 0 aromatic heterocycles. The molecule has 0 aliphatic rings. The van der Waals surface area contributed by atoms with Crippen molar-refractivity contribution in [2.75, 3.05) is 26.4 Å². The van der Waals surface area contributed by atoms with E-state index in [2.05, 4.69) is 9.68 Å². The van der Waals surface area contributed by atoms with E-state index in [1.807, 2.05) is 0 Å². The lowest BCUT2D eigenvalue weighted by Gasteiger charge is -2.11. The molecule has 0 aromatic carbocycles. The Morgan fingerprint density at radius 3 is 2.38 bits per heavy atom. The van der Waals surface area contributed by atoms with Crippen molar-refractivity contribution in [3.05, 3.63) is 20.2 Å². The quantitative estimate of drug-likeness (QED) is 0.297. The summed E-state index contributed by atoms with van der Waals surface area (Å²) in [5.41, 5.74) is 0. The molecule has 0 saturated carbocycles. The Labute approximate surface area is 89.9 Å². The second-order valence-corrected chi connectivity index (χ2v) is 2.62. The monoisotopic (exact) mass is 240 g/mol. The van der Waals surface area contributed by atoms with Crippen LogP contribution in [0.3, 0.4) is 0 Å². The molecule has 1 atom stereocenters. The van der Waals surface area contributed by atoms with Gasteiger partial charge in [0.2, 0.25) is 0 Å². The van der Waals surface area contributed by atoms with Gasteiger partial charge >= 0.3 is 0 Å². The van der Waals surface area contributed by atoms with E-state index in [-0.39, 0.29) is 26.2 Å². The van der Waals surface area contributed by atoms with E-state index in [4.69, 9.17) is 9.84 Å². The molecular weight excluding hydrogens is 228 g/mol. The van der Waals surface area contributed by atoms with E-state index in [1.165, 1.54) is 0 Å².